The standard InChI is InChI=1S/C15H19N3O/c1-2-7-13(8-3-1)15-16-14(19-17-15)9-6-12-18-10-4-5-11-18/h1-3,7-8H,4-6,9-12H2. The summed E-state index contributed by atoms with van der Waals surface area (Å²) in [6.45, 7) is 3.64. The van der Waals surface area contributed by atoms with Gasteiger partial charge in [-0.1, -0.05) is 35.5 Å². The first-order valence-electron chi connectivity index (χ1n) is 7.02. The van der Waals surface area contributed by atoms with Crippen molar-refractivity contribution < 1.29 is 4.52 Å². The van der Waals surface area contributed by atoms with E-state index in [1.165, 1.54) is 25.9 Å². The Labute approximate surface area is 113 Å². The number of rotatable bonds is 5. The molecular weight excluding hydrogens is 238 g/mol. The van der Waals surface area contributed by atoms with Crippen LogP contribution in [0.15, 0.2) is 34.9 Å². The van der Waals surface area contributed by atoms with Crippen molar-refractivity contribution in [1.29, 1.82) is 0 Å². The molecule has 4 heteroatoms. The minimum absolute atomic E-state index is 0.691. The first kappa shape index (κ1) is 12.4. The monoisotopic (exact) mass is 257 g/mol. The maximum absolute atomic E-state index is 5.30. The van der Waals surface area contributed by atoms with Gasteiger partial charge in [0.25, 0.3) is 0 Å². The van der Waals surface area contributed by atoms with Crippen LogP contribution in [0.4, 0.5) is 0 Å². The van der Waals surface area contributed by atoms with E-state index in [9.17, 15) is 0 Å². The third-order valence-electron chi connectivity index (χ3n) is 3.56. The van der Waals surface area contributed by atoms with Gasteiger partial charge in [0.15, 0.2) is 0 Å². The fourth-order valence-electron chi connectivity index (χ4n) is 2.52. The van der Waals surface area contributed by atoms with Crippen LogP contribution in [-0.4, -0.2) is 34.7 Å². The molecule has 2 heterocycles. The number of hydrogen-bond acceptors (Lipinski definition) is 4. The lowest BCUT2D eigenvalue weighted by atomic mass is 10.2. The lowest BCUT2D eigenvalue weighted by molar-refractivity contribution is 0.319. The van der Waals surface area contributed by atoms with Gasteiger partial charge in [0.05, 0.1) is 0 Å². The van der Waals surface area contributed by atoms with E-state index in [1.807, 2.05) is 30.3 Å². The highest BCUT2D eigenvalue weighted by molar-refractivity contribution is 5.53. The molecule has 1 fully saturated rings. The summed E-state index contributed by atoms with van der Waals surface area (Å²) in [5, 5.41) is 4.04. The number of benzene rings is 1. The molecule has 0 saturated carbocycles. The molecule has 3 rings (SSSR count). The van der Waals surface area contributed by atoms with Crippen molar-refractivity contribution in [1.82, 2.24) is 15.0 Å². The smallest absolute Gasteiger partial charge is 0.227 e. The number of hydrogen-bond donors (Lipinski definition) is 0. The molecule has 0 aliphatic carbocycles. The fourth-order valence-corrected chi connectivity index (χ4v) is 2.52. The molecule has 1 aliphatic heterocycles. The van der Waals surface area contributed by atoms with Gasteiger partial charge in [-0.2, -0.15) is 4.98 Å². The first-order chi connectivity index (χ1) is 9.42. The van der Waals surface area contributed by atoms with Crippen molar-refractivity contribution in [2.24, 2.45) is 0 Å². The van der Waals surface area contributed by atoms with Crippen molar-refractivity contribution in [3.63, 3.8) is 0 Å². The Balaban J connectivity index is 1.53. The average Bonchev–Trinajstić information content (AvgIpc) is 3.11. The molecule has 1 aromatic carbocycles. The molecule has 1 aliphatic rings. The summed E-state index contributed by atoms with van der Waals surface area (Å²) in [5.74, 6) is 1.44. The van der Waals surface area contributed by atoms with Gasteiger partial charge in [0, 0.05) is 12.0 Å². The summed E-state index contributed by atoms with van der Waals surface area (Å²) in [5.41, 5.74) is 1.01. The largest absolute Gasteiger partial charge is 0.339 e. The number of aromatic nitrogens is 2. The lowest BCUT2D eigenvalue weighted by Crippen LogP contribution is -2.20. The third kappa shape index (κ3) is 3.20. The van der Waals surface area contributed by atoms with Crippen molar-refractivity contribution >= 4 is 0 Å². The molecule has 0 amide bonds. The molecule has 0 bridgehead atoms. The zero-order valence-electron chi connectivity index (χ0n) is 11.1. The second-order valence-corrected chi connectivity index (χ2v) is 5.03. The molecule has 2 aromatic rings. The molecule has 1 aromatic heterocycles. The van der Waals surface area contributed by atoms with Crippen LogP contribution in [0, 0.1) is 0 Å². The first-order valence-corrected chi connectivity index (χ1v) is 7.02. The van der Waals surface area contributed by atoms with E-state index >= 15 is 0 Å². The van der Waals surface area contributed by atoms with Crippen molar-refractivity contribution in [2.75, 3.05) is 19.6 Å². The molecule has 19 heavy (non-hydrogen) atoms. The Morgan fingerprint density at radius 1 is 1.11 bits per heavy atom. The molecule has 1 saturated heterocycles. The maximum atomic E-state index is 5.30. The van der Waals surface area contributed by atoms with Gasteiger partial charge < -0.3 is 9.42 Å². The van der Waals surface area contributed by atoms with Crippen LogP contribution in [-0.2, 0) is 6.42 Å². The number of nitrogens with zero attached hydrogens (tertiary/aromatic N) is 3. The van der Waals surface area contributed by atoms with E-state index in [-0.39, 0.29) is 0 Å². The normalized spacial score (nSPS) is 16.0. The van der Waals surface area contributed by atoms with E-state index in [2.05, 4.69) is 15.0 Å². The summed E-state index contributed by atoms with van der Waals surface area (Å²) in [4.78, 5) is 6.96. The molecule has 0 N–H and O–H groups in total. The van der Waals surface area contributed by atoms with Gasteiger partial charge in [0.1, 0.15) is 0 Å². The lowest BCUT2D eigenvalue weighted by Gasteiger charge is -2.12. The molecular formula is C15H19N3O. The van der Waals surface area contributed by atoms with Crippen LogP contribution in [0.2, 0.25) is 0 Å². The van der Waals surface area contributed by atoms with E-state index in [0.717, 1.165) is 30.8 Å². The highest BCUT2D eigenvalue weighted by Gasteiger charge is 2.12. The number of aryl methyl sites for hydroxylation is 1. The molecule has 0 radical (unpaired) electrons. The Hall–Kier alpha value is -1.68. The second-order valence-electron chi connectivity index (χ2n) is 5.03. The van der Waals surface area contributed by atoms with Crippen LogP contribution < -0.4 is 0 Å². The molecule has 0 spiro atoms. The summed E-state index contributed by atoms with van der Waals surface area (Å²) in [7, 11) is 0. The van der Waals surface area contributed by atoms with Crippen LogP contribution in [0.5, 0.6) is 0 Å². The summed E-state index contributed by atoms with van der Waals surface area (Å²) < 4.78 is 5.30. The maximum Gasteiger partial charge on any atom is 0.227 e. The van der Waals surface area contributed by atoms with Gasteiger partial charge in [0.2, 0.25) is 11.7 Å². The molecule has 4 nitrogen and oxygen atoms in total. The summed E-state index contributed by atoms with van der Waals surface area (Å²) in [6.07, 6.45) is 4.66. The fraction of sp³-hybridized carbons (Fsp3) is 0.467. The van der Waals surface area contributed by atoms with Gasteiger partial charge in [-0.05, 0) is 38.9 Å². The van der Waals surface area contributed by atoms with Crippen LogP contribution in [0.25, 0.3) is 11.4 Å². The van der Waals surface area contributed by atoms with E-state index in [0.29, 0.717) is 5.82 Å². The second kappa shape index (κ2) is 5.97. The topological polar surface area (TPSA) is 42.2 Å². The zero-order valence-corrected chi connectivity index (χ0v) is 11.1. The van der Waals surface area contributed by atoms with Crippen molar-refractivity contribution in [2.45, 2.75) is 25.7 Å². The predicted molar refractivity (Wildman–Crippen MR) is 73.7 cm³/mol. The summed E-state index contributed by atoms with van der Waals surface area (Å²) in [6, 6.07) is 9.95. The molecule has 100 valence electrons. The van der Waals surface area contributed by atoms with Gasteiger partial charge in [-0.15, -0.1) is 0 Å². The molecule has 0 atom stereocenters. The van der Waals surface area contributed by atoms with Crippen molar-refractivity contribution in [3.05, 3.63) is 36.2 Å². The Bertz CT molecular complexity index is 503. The summed E-state index contributed by atoms with van der Waals surface area (Å²) >= 11 is 0. The van der Waals surface area contributed by atoms with E-state index < -0.39 is 0 Å². The highest BCUT2D eigenvalue weighted by Crippen LogP contribution is 2.15. The Morgan fingerprint density at radius 3 is 2.68 bits per heavy atom. The Morgan fingerprint density at radius 2 is 1.89 bits per heavy atom. The number of likely N-dealkylation sites (tertiary alicyclic amines) is 1. The zero-order chi connectivity index (χ0) is 12.9. The minimum Gasteiger partial charge on any atom is -0.339 e. The van der Waals surface area contributed by atoms with Gasteiger partial charge in [-0.25, -0.2) is 0 Å². The predicted octanol–water partition coefficient (Wildman–Crippen LogP) is 2.77. The van der Waals surface area contributed by atoms with Crippen LogP contribution >= 0.6 is 0 Å². The quantitative estimate of drug-likeness (QED) is 0.826. The van der Waals surface area contributed by atoms with E-state index in [4.69, 9.17) is 4.52 Å². The SMILES string of the molecule is c1ccc(-c2noc(CCCN3CCCC3)n2)cc1. The molecule has 0 unspecified atom stereocenters. The Kier molecular flexibility index (Phi) is 3.89. The average molecular weight is 257 g/mol. The minimum atomic E-state index is 0.691. The third-order valence-corrected chi connectivity index (χ3v) is 3.56. The highest BCUT2D eigenvalue weighted by atomic mass is 16.5. The van der Waals surface area contributed by atoms with Crippen molar-refractivity contribution in [3.8, 4) is 11.4 Å². The van der Waals surface area contributed by atoms with Crippen LogP contribution in [0.1, 0.15) is 25.2 Å². The van der Waals surface area contributed by atoms with E-state index in [1.54, 1.807) is 0 Å². The van der Waals surface area contributed by atoms with Crippen LogP contribution in [0.3, 0.4) is 0 Å². The van der Waals surface area contributed by atoms with Gasteiger partial charge >= 0.3 is 0 Å². The van der Waals surface area contributed by atoms with Gasteiger partial charge in [-0.3, -0.25) is 0 Å².